The van der Waals surface area contributed by atoms with Gasteiger partial charge < -0.3 is 25.6 Å². The van der Waals surface area contributed by atoms with Crippen LogP contribution in [0.2, 0.25) is 0 Å². The van der Waals surface area contributed by atoms with Crippen LogP contribution in [-0.4, -0.2) is 39.0 Å². The number of nitrogens with one attached hydrogen (secondary N) is 3. The van der Waals surface area contributed by atoms with Crippen molar-refractivity contribution in [2.75, 3.05) is 5.32 Å². The normalized spacial score (nSPS) is 18.7. The second-order valence-electron chi connectivity index (χ2n) is 9.76. The molecule has 3 aromatic carbocycles. The Morgan fingerprint density at radius 2 is 1.77 bits per heavy atom. The summed E-state index contributed by atoms with van der Waals surface area (Å²) in [5.74, 6) is -0.873. The predicted molar refractivity (Wildman–Crippen MR) is 142 cm³/mol. The number of hydrogen-bond acceptors (Lipinski definition) is 7. The molecule has 0 saturated carbocycles. The van der Waals surface area contributed by atoms with Crippen molar-refractivity contribution in [2.45, 2.75) is 51.4 Å². The highest BCUT2D eigenvalue weighted by Crippen LogP contribution is 2.37. The number of benzene rings is 3. The van der Waals surface area contributed by atoms with Gasteiger partial charge in [-0.3, -0.25) is 19.8 Å². The van der Waals surface area contributed by atoms with Crippen molar-refractivity contribution in [3.63, 3.8) is 0 Å². The molecule has 0 spiro atoms. The summed E-state index contributed by atoms with van der Waals surface area (Å²) < 4.78 is 20.7. The van der Waals surface area contributed by atoms with Crippen molar-refractivity contribution in [3.05, 3.63) is 94.3 Å². The maximum absolute atomic E-state index is 14.9. The molecule has 4 amide bonds. The molecule has 2 aliphatic rings. The summed E-state index contributed by atoms with van der Waals surface area (Å²) in [4.78, 5) is 37.6. The highest BCUT2D eigenvalue weighted by molar-refractivity contribution is 6.00. The van der Waals surface area contributed by atoms with Crippen LogP contribution in [0.3, 0.4) is 0 Å². The van der Waals surface area contributed by atoms with Gasteiger partial charge in [0.1, 0.15) is 24.4 Å². The number of anilines is 1. The zero-order valence-electron chi connectivity index (χ0n) is 21.5. The largest absolute Gasteiger partial charge is 0.489 e. The van der Waals surface area contributed by atoms with Crippen molar-refractivity contribution in [1.29, 1.82) is 0 Å². The lowest BCUT2D eigenvalue weighted by Crippen LogP contribution is -2.51. The molecular weight excluding hydrogens is 519 g/mol. The fourth-order valence-corrected chi connectivity index (χ4v) is 4.89. The van der Waals surface area contributed by atoms with Crippen LogP contribution in [0, 0.1) is 5.82 Å². The molecule has 0 aliphatic carbocycles. The molecule has 10 nitrogen and oxygen atoms in total. The Hall–Kier alpha value is -4.32. The number of amides is 4. The van der Waals surface area contributed by atoms with Gasteiger partial charge in [0.2, 0.25) is 11.8 Å². The molecule has 40 heavy (non-hydrogen) atoms. The van der Waals surface area contributed by atoms with Crippen molar-refractivity contribution in [1.82, 2.24) is 15.5 Å². The summed E-state index contributed by atoms with van der Waals surface area (Å²) >= 11 is 0. The lowest BCUT2D eigenvalue weighted by molar-refractivity contribution is -0.141. The third kappa shape index (κ3) is 6.12. The van der Waals surface area contributed by atoms with Gasteiger partial charge in [-0.2, -0.15) is 0 Å². The Morgan fingerprint density at radius 1 is 1.05 bits per heavy atom. The van der Waals surface area contributed by atoms with Gasteiger partial charge in [0.25, 0.3) is 0 Å². The smallest absolute Gasteiger partial charge is 0.319 e. The van der Waals surface area contributed by atoms with Crippen LogP contribution < -0.4 is 20.7 Å². The molecule has 5 N–H and O–H groups in total. The van der Waals surface area contributed by atoms with Crippen molar-refractivity contribution < 1.29 is 33.7 Å². The third-order valence-electron chi connectivity index (χ3n) is 6.99. The first-order valence-electron chi connectivity index (χ1n) is 12.9. The molecule has 2 heterocycles. The maximum atomic E-state index is 14.9. The minimum atomic E-state index is -1.30. The van der Waals surface area contributed by atoms with Gasteiger partial charge in [0.15, 0.2) is 0 Å². The third-order valence-corrected chi connectivity index (χ3v) is 6.99. The molecule has 2 atom stereocenters. The van der Waals surface area contributed by atoms with E-state index in [9.17, 15) is 23.9 Å². The van der Waals surface area contributed by atoms with Crippen molar-refractivity contribution in [3.8, 4) is 5.75 Å². The van der Waals surface area contributed by atoms with Crippen LogP contribution in [0.4, 0.5) is 14.9 Å². The first-order chi connectivity index (χ1) is 19.3. The topological polar surface area (TPSA) is 140 Å². The van der Waals surface area contributed by atoms with Gasteiger partial charge >= 0.3 is 6.03 Å². The molecular formula is C29H29FN4O6. The van der Waals surface area contributed by atoms with E-state index in [-0.39, 0.29) is 44.0 Å². The van der Waals surface area contributed by atoms with E-state index in [1.165, 1.54) is 11.0 Å². The number of fused-ring (bicyclic) bond motifs is 1. The summed E-state index contributed by atoms with van der Waals surface area (Å²) in [7, 11) is 0. The average Bonchev–Trinajstić information content (AvgIpc) is 3.28. The minimum absolute atomic E-state index is 0.0112. The van der Waals surface area contributed by atoms with Crippen LogP contribution in [0.5, 0.6) is 5.75 Å². The summed E-state index contributed by atoms with van der Waals surface area (Å²) in [5, 5.41) is 27.5. The molecule has 3 aromatic rings. The Morgan fingerprint density at radius 3 is 2.48 bits per heavy atom. The molecule has 0 bridgehead atoms. The van der Waals surface area contributed by atoms with E-state index in [1.54, 1.807) is 30.3 Å². The van der Waals surface area contributed by atoms with Gasteiger partial charge in [-0.05, 0) is 59.0 Å². The van der Waals surface area contributed by atoms with Crippen molar-refractivity contribution in [2.24, 2.45) is 0 Å². The van der Waals surface area contributed by atoms with Gasteiger partial charge in [-0.25, -0.2) is 9.18 Å². The number of piperidine rings is 1. The number of urea groups is 1. The molecule has 2 aliphatic heterocycles. The zero-order valence-corrected chi connectivity index (χ0v) is 21.5. The summed E-state index contributed by atoms with van der Waals surface area (Å²) in [6.45, 7) is 0.532. The Balaban J connectivity index is 1.13. The highest BCUT2D eigenvalue weighted by atomic mass is 19.1. The fraction of sp³-hybridized carbons (Fsp3) is 0.276. The standard InChI is InChI=1S/C29H29FN4O6/c30-23-12-19(11-20-14-34(28(38)26(20)23)24-9-10-25(36)33-27(24)37)13-31-29(39)32-21-5-7-22(8-6-21)40-16-18-3-1-17(15-35)2-4-18/h1-8,11-12,24,28,35,38H,9-10,13-16H2,(H2,31,32,39)(H,33,36,37). The monoisotopic (exact) mass is 548 g/mol. The number of aliphatic hydroxyl groups is 2. The Labute approximate surface area is 229 Å². The number of halogens is 1. The van der Waals surface area contributed by atoms with E-state index in [2.05, 4.69) is 16.0 Å². The number of rotatable bonds is 8. The summed E-state index contributed by atoms with van der Waals surface area (Å²) in [6.07, 6.45) is -0.903. The minimum Gasteiger partial charge on any atom is -0.489 e. The second kappa shape index (κ2) is 11.8. The first kappa shape index (κ1) is 27.3. The van der Waals surface area contributed by atoms with Crippen LogP contribution in [0.1, 0.15) is 46.9 Å². The van der Waals surface area contributed by atoms with Gasteiger partial charge in [0, 0.05) is 30.8 Å². The number of carbonyl (C=O) groups is 3. The van der Waals surface area contributed by atoms with Gasteiger partial charge in [-0.15, -0.1) is 0 Å². The van der Waals surface area contributed by atoms with E-state index in [1.807, 2.05) is 24.3 Å². The van der Waals surface area contributed by atoms with Crippen LogP contribution in [0.25, 0.3) is 0 Å². The van der Waals surface area contributed by atoms with Gasteiger partial charge in [0.05, 0.1) is 12.6 Å². The number of ether oxygens (including phenoxy) is 1. The number of imide groups is 1. The van der Waals surface area contributed by atoms with E-state index in [4.69, 9.17) is 9.84 Å². The molecule has 5 rings (SSSR count). The van der Waals surface area contributed by atoms with Gasteiger partial charge in [-0.1, -0.05) is 30.3 Å². The zero-order chi connectivity index (χ0) is 28.2. The molecule has 1 saturated heterocycles. The number of aliphatic hydroxyl groups excluding tert-OH is 2. The van der Waals surface area contributed by atoms with E-state index >= 15 is 0 Å². The molecule has 1 fully saturated rings. The number of nitrogens with zero attached hydrogens (tertiary/aromatic N) is 1. The number of carbonyl (C=O) groups excluding carboxylic acids is 3. The lowest BCUT2D eigenvalue weighted by atomic mass is 10.0. The SMILES string of the molecule is O=C1CCC(N2Cc3cc(CNC(=O)Nc4ccc(OCc5ccc(CO)cc5)cc4)cc(F)c3C2O)C(=O)N1. The molecule has 11 heteroatoms. The summed E-state index contributed by atoms with van der Waals surface area (Å²) in [5.41, 5.74) is 3.45. The highest BCUT2D eigenvalue weighted by Gasteiger charge is 2.41. The molecule has 208 valence electrons. The Bertz CT molecular complexity index is 1410. The fourth-order valence-electron chi connectivity index (χ4n) is 4.89. The maximum Gasteiger partial charge on any atom is 0.319 e. The lowest BCUT2D eigenvalue weighted by Gasteiger charge is -2.31. The molecule has 0 aromatic heterocycles. The quantitative estimate of drug-likeness (QED) is 0.273. The van der Waals surface area contributed by atoms with Crippen LogP contribution >= 0.6 is 0 Å². The average molecular weight is 549 g/mol. The van der Waals surface area contributed by atoms with Crippen LogP contribution in [-0.2, 0) is 35.9 Å². The van der Waals surface area contributed by atoms with E-state index in [0.717, 1.165) is 11.1 Å². The molecule has 2 unspecified atom stereocenters. The van der Waals surface area contributed by atoms with Crippen molar-refractivity contribution >= 4 is 23.5 Å². The van der Waals surface area contributed by atoms with Crippen LogP contribution in [0.15, 0.2) is 60.7 Å². The Kier molecular flexibility index (Phi) is 8.06. The van der Waals surface area contributed by atoms with E-state index in [0.29, 0.717) is 29.2 Å². The second-order valence-corrected chi connectivity index (χ2v) is 9.76. The summed E-state index contributed by atoms with van der Waals surface area (Å²) in [6, 6.07) is 16.0. The van der Waals surface area contributed by atoms with E-state index < -0.39 is 30.0 Å². The first-order valence-corrected chi connectivity index (χ1v) is 12.9. The predicted octanol–water partition coefficient (Wildman–Crippen LogP) is 2.83. The molecule has 0 radical (unpaired) electrons. The number of hydrogen-bond donors (Lipinski definition) is 5.